The van der Waals surface area contributed by atoms with Crippen molar-refractivity contribution in [2.24, 2.45) is 0 Å². The summed E-state index contributed by atoms with van der Waals surface area (Å²) in [5, 5.41) is 4.16. The normalized spacial score (nSPS) is 21.2. The first-order chi connectivity index (χ1) is 7.16. The van der Waals surface area contributed by atoms with Gasteiger partial charge in [0.25, 0.3) is 0 Å². The third-order valence-electron chi connectivity index (χ3n) is 2.64. The minimum atomic E-state index is 0.0855. The fraction of sp³-hybridized carbons (Fsp3) is 0.364. The fourth-order valence-corrected chi connectivity index (χ4v) is 2.33. The lowest BCUT2D eigenvalue weighted by Gasteiger charge is -2.23. The van der Waals surface area contributed by atoms with Gasteiger partial charge in [-0.2, -0.15) is 0 Å². The van der Waals surface area contributed by atoms with E-state index >= 15 is 0 Å². The molecule has 1 aliphatic rings. The Bertz CT molecular complexity index is 392. The summed E-state index contributed by atoms with van der Waals surface area (Å²) in [6, 6.07) is 5.40. The number of carbonyl (C=O) groups is 1. The van der Waals surface area contributed by atoms with Gasteiger partial charge in [-0.25, -0.2) is 0 Å². The summed E-state index contributed by atoms with van der Waals surface area (Å²) >= 11 is 12.0. The molecule has 4 heteroatoms. The molecule has 80 valence electrons. The van der Waals surface area contributed by atoms with Gasteiger partial charge in [0.15, 0.2) is 0 Å². The van der Waals surface area contributed by atoms with Crippen LogP contribution in [0.3, 0.4) is 0 Å². The molecule has 0 saturated carbocycles. The molecule has 1 amide bonds. The number of halogens is 2. The van der Waals surface area contributed by atoms with E-state index in [1.807, 2.05) is 6.07 Å². The second-order valence-electron chi connectivity index (χ2n) is 3.71. The predicted molar refractivity (Wildman–Crippen MR) is 61.4 cm³/mol. The number of piperidine rings is 1. The van der Waals surface area contributed by atoms with Crippen LogP contribution in [0.2, 0.25) is 10.0 Å². The lowest BCUT2D eigenvalue weighted by molar-refractivity contribution is -0.122. The van der Waals surface area contributed by atoms with Crippen LogP contribution in [0.15, 0.2) is 18.2 Å². The van der Waals surface area contributed by atoms with Crippen molar-refractivity contribution in [3.8, 4) is 0 Å². The third-order valence-corrected chi connectivity index (χ3v) is 3.22. The van der Waals surface area contributed by atoms with Gasteiger partial charge < -0.3 is 5.32 Å². The summed E-state index contributed by atoms with van der Waals surface area (Å²) in [6.07, 6.45) is 1.42. The molecule has 1 N–H and O–H groups in total. The number of rotatable bonds is 1. The Hall–Kier alpha value is -0.730. The zero-order valence-corrected chi connectivity index (χ0v) is 9.61. The van der Waals surface area contributed by atoms with Crippen LogP contribution in [0.25, 0.3) is 0 Å². The molecule has 1 heterocycles. The van der Waals surface area contributed by atoms with Gasteiger partial charge in [-0.05, 0) is 36.1 Å². The van der Waals surface area contributed by atoms with Crippen molar-refractivity contribution in [3.63, 3.8) is 0 Å². The van der Waals surface area contributed by atoms with Gasteiger partial charge in [0, 0.05) is 23.0 Å². The van der Waals surface area contributed by atoms with E-state index in [9.17, 15) is 4.79 Å². The highest BCUT2D eigenvalue weighted by atomic mass is 35.5. The van der Waals surface area contributed by atoms with E-state index in [-0.39, 0.29) is 11.8 Å². The molecule has 1 unspecified atom stereocenters. The van der Waals surface area contributed by atoms with Crippen molar-refractivity contribution >= 4 is 29.1 Å². The van der Waals surface area contributed by atoms with Crippen molar-refractivity contribution in [1.29, 1.82) is 0 Å². The molecule has 1 fully saturated rings. The molecule has 0 radical (unpaired) electrons. The van der Waals surface area contributed by atoms with E-state index in [2.05, 4.69) is 5.32 Å². The Morgan fingerprint density at radius 3 is 2.87 bits per heavy atom. The molecule has 15 heavy (non-hydrogen) atoms. The summed E-state index contributed by atoms with van der Waals surface area (Å²) in [7, 11) is 0. The third kappa shape index (κ3) is 2.44. The first-order valence-corrected chi connectivity index (χ1v) is 5.64. The van der Waals surface area contributed by atoms with Gasteiger partial charge in [-0.15, -0.1) is 0 Å². The molecule has 1 saturated heterocycles. The molecule has 1 aliphatic heterocycles. The molecule has 2 nitrogen and oxygen atoms in total. The van der Waals surface area contributed by atoms with Crippen LogP contribution >= 0.6 is 23.2 Å². The van der Waals surface area contributed by atoms with Crippen LogP contribution in [0, 0.1) is 0 Å². The predicted octanol–water partition coefficient (Wildman–Crippen LogP) is 2.99. The van der Waals surface area contributed by atoms with E-state index in [1.165, 1.54) is 0 Å². The molecule has 0 bridgehead atoms. The molecule has 1 aromatic rings. The minimum absolute atomic E-state index is 0.0855. The largest absolute Gasteiger partial charge is 0.356 e. The molecular formula is C11H11Cl2NO. The van der Waals surface area contributed by atoms with E-state index in [1.54, 1.807) is 12.1 Å². The molecule has 0 aliphatic carbocycles. The first kappa shape index (κ1) is 10.8. The van der Waals surface area contributed by atoms with Crippen molar-refractivity contribution in [1.82, 2.24) is 5.32 Å². The maximum absolute atomic E-state index is 11.3. The number of amides is 1. The highest BCUT2D eigenvalue weighted by molar-refractivity contribution is 6.33. The summed E-state index contributed by atoms with van der Waals surface area (Å²) in [4.78, 5) is 11.3. The van der Waals surface area contributed by atoms with E-state index in [4.69, 9.17) is 23.2 Å². The number of benzene rings is 1. The maximum Gasteiger partial charge on any atom is 0.220 e. The minimum Gasteiger partial charge on any atom is -0.356 e. The summed E-state index contributed by atoms with van der Waals surface area (Å²) in [5.74, 6) is 0.284. The van der Waals surface area contributed by atoms with Crippen molar-refractivity contribution < 1.29 is 4.79 Å². The molecule has 1 aromatic carbocycles. The number of hydrogen-bond acceptors (Lipinski definition) is 1. The number of nitrogens with one attached hydrogen (secondary N) is 1. The van der Waals surface area contributed by atoms with Gasteiger partial charge in [0.05, 0.1) is 0 Å². The zero-order chi connectivity index (χ0) is 10.8. The standard InChI is InChI=1S/C11H11Cl2NO/c12-8-1-2-10(13)9(6-8)7-3-4-14-11(15)5-7/h1-2,6-7H,3-5H2,(H,14,15). The molecule has 0 aromatic heterocycles. The summed E-state index contributed by atoms with van der Waals surface area (Å²) < 4.78 is 0. The van der Waals surface area contributed by atoms with Crippen LogP contribution in [0.5, 0.6) is 0 Å². The molecule has 1 atom stereocenters. The van der Waals surface area contributed by atoms with Crippen LogP contribution in [0.1, 0.15) is 24.3 Å². The van der Waals surface area contributed by atoms with E-state index in [0.29, 0.717) is 23.0 Å². The van der Waals surface area contributed by atoms with Crippen LogP contribution in [0.4, 0.5) is 0 Å². The highest BCUT2D eigenvalue weighted by Crippen LogP contribution is 2.33. The van der Waals surface area contributed by atoms with Crippen LogP contribution in [-0.4, -0.2) is 12.5 Å². The summed E-state index contributed by atoms with van der Waals surface area (Å²) in [5.41, 5.74) is 0.985. The number of hydrogen-bond donors (Lipinski definition) is 1. The van der Waals surface area contributed by atoms with E-state index in [0.717, 1.165) is 12.0 Å². The average molecular weight is 244 g/mol. The lowest BCUT2D eigenvalue weighted by atomic mass is 9.90. The number of carbonyl (C=O) groups excluding carboxylic acids is 1. The van der Waals surface area contributed by atoms with Gasteiger partial charge in [0.1, 0.15) is 0 Å². The second kappa shape index (κ2) is 4.42. The SMILES string of the molecule is O=C1CC(c2cc(Cl)ccc2Cl)CCN1. The van der Waals surface area contributed by atoms with Gasteiger partial charge >= 0.3 is 0 Å². The Kier molecular flexibility index (Phi) is 3.17. The molecular weight excluding hydrogens is 233 g/mol. The Morgan fingerprint density at radius 1 is 1.33 bits per heavy atom. The van der Waals surface area contributed by atoms with Crippen molar-refractivity contribution in [2.45, 2.75) is 18.8 Å². The fourth-order valence-electron chi connectivity index (χ4n) is 1.88. The average Bonchev–Trinajstić information content (AvgIpc) is 2.22. The second-order valence-corrected chi connectivity index (χ2v) is 4.55. The topological polar surface area (TPSA) is 29.1 Å². The lowest BCUT2D eigenvalue weighted by Crippen LogP contribution is -2.32. The van der Waals surface area contributed by atoms with Gasteiger partial charge in [-0.3, -0.25) is 4.79 Å². The molecule has 0 spiro atoms. The Balaban J connectivity index is 2.27. The van der Waals surface area contributed by atoms with Gasteiger partial charge in [-0.1, -0.05) is 23.2 Å². The van der Waals surface area contributed by atoms with Crippen LogP contribution < -0.4 is 5.32 Å². The Labute approximate surface area is 98.6 Å². The monoisotopic (exact) mass is 243 g/mol. The molecule has 2 rings (SSSR count). The quantitative estimate of drug-likeness (QED) is 0.808. The van der Waals surface area contributed by atoms with Crippen molar-refractivity contribution in [3.05, 3.63) is 33.8 Å². The van der Waals surface area contributed by atoms with E-state index < -0.39 is 0 Å². The first-order valence-electron chi connectivity index (χ1n) is 4.88. The van der Waals surface area contributed by atoms with Crippen LogP contribution in [-0.2, 0) is 4.79 Å². The zero-order valence-electron chi connectivity index (χ0n) is 8.09. The Morgan fingerprint density at radius 2 is 2.13 bits per heavy atom. The highest BCUT2D eigenvalue weighted by Gasteiger charge is 2.22. The maximum atomic E-state index is 11.3. The van der Waals surface area contributed by atoms with Gasteiger partial charge in [0.2, 0.25) is 5.91 Å². The van der Waals surface area contributed by atoms with Crippen molar-refractivity contribution in [2.75, 3.05) is 6.54 Å². The summed E-state index contributed by atoms with van der Waals surface area (Å²) in [6.45, 7) is 0.715. The smallest absolute Gasteiger partial charge is 0.220 e.